The maximum Gasteiger partial charge on any atom is 0.103 e. The first kappa shape index (κ1) is 7.43. The second-order valence-electron chi connectivity index (χ2n) is 2.50. The Morgan fingerprint density at radius 2 is 2.20 bits per heavy atom. The summed E-state index contributed by atoms with van der Waals surface area (Å²) in [6, 6.07) is -0.368. The van der Waals surface area contributed by atoms with Gasteiger partial charge in [0.2, 0.25) is 0 Å². The lowest BCUT2D eigenvalue weighted by Crippen LogP contribution is -2.30. The standard InChI is InChI=1S/C5H10N2O3/c1-3-5(9)4(8)2-7(3)6-10/h3-5,8-9H,2H2,1H3/t3-,4+,5-/m0/s1. The van der Waals surface area contributed by atoms with Crippen molar-refractivity contribution in [3.63, 3.8) is 0 Å². The monoisotopic (exact) mass is 146 g/mol. The Morgan fingerprint density at radius 1 is 1.60 bits per heavy atom. The van der Waals surface area contributed by atoms with Gasteiger partial charge in [-0.05, 0) is 6.92 Å². The van der Waals surface area contributed by atoms with Crippen LogP contribution in [0.25, 0.3) is 0 Å². The second kappa shape index (κ2) is 2.51. The molecule has 1 rings (SSSR count). The topological polar surface area (TPSA) is 73.1 Å². The van der Waals surface area contributed by atoms with Crippen LogP contribution in [-0.2, 0) is 0 Å². The average Bonchev–Trinajstić information content (AvgIpc) is 2.17. The van der Waals surface area contributed by atoms with Crippen molar-refractivity contribution >= 4 is 0 Å². The van der Waals surface area contributed by atoms with Gasteiger partial charge in [0.25, 0.3) is 0 Å². The van der Waals surface area contributed by atoms with Crippen molar-refractivity contribution in [2.75, 3.05) is 6.54 Å². The predicted molar refractivity (Wildman–Crippen MR) is 34.0 cm³/mol. The minimum atomic E-state index is -0.849. The van der Waals surface area contributed by atoms with Crippen molar-refractivity contribution in [3.05, 3.63) is 4.91 Å². The second-order valence-corrected chi connectivity index (χ2v) is 2.50. The summed E-state index contributed by atoms with van der Waals surface area (Å²) in [7, 11) is 0. The molecule has 0 aromatic heterocycles. The van der Waals surface area contributed by atoms with Gasteiger partial charge in [0.1, 0.15) is 12.2 Å². The van der Waals surface area contributed by atoms with Crippen LogP contribution in [0, 0.1) is 4.91 Å². The number of aliphatic hydroxyl groups excluding tert-OH is 2. The van der Waals surface area contributed by atoms with Crippen molar-refractivity contribution in [1.82, 2.24) is 5.01 Å². The number of rotatable bonds is 1. The van der Waals surface area contributed by atoms with Crippen LogP contribution in [0.4, 0.5) is 0 Å². The van der Waals surface area contributed by atoms with Gasteiger partial charge in [-0.25, -0.2) is 0 Å². The van der Waals surface area contributed by atoms with E-state index in [0.29, 0.717) is 0 Å². The molecular formula is C5H10N2O3. The quantitative estimate of drug-likeness (QED) is 0.470. The van der Waals surface area contributed by atoms with Gasteiger partial charge in [0, 0.05) is 0 Å². The molecule has 5 nitrogen and oxygen atoms in total. The zero-order chi connectivity index (χ0) is 7.72. The van der Waals surface area contributed by atoms with Gasteiger partial charge in [-0.1, -0.05) is 0 Å². The van der Waals surface area contributed by atoms with Crippen LogP contribution in [0.3, 0.4) is 0 Å². The van der Waals surface area contributed by atoms with E-state index in [2.05, 4.69) is 5.29 Å². The summed E-state index contributed by atoms with van der Waals surface area (Å²) in [5, 5.41) is 21.8. The van der Waals surface area contributed by atoms with Crippen molar-refractivity contribution in [1.29, 1.82) is 0 Å². The minimum Gasteiger partial charge on any atom is -0.388 e. The Labute approximate surface area is 58.2 Å². The number of nitrogens with zero attached hydrogens (tertiary/aromatic N) is 2. The van der Waals surface area contributed by atoms with Crippen LogP contribution in [0.2, 0.25) is 0 Å². The Hall–Kier alpha value is -0.680. The van der Waals surface area contributed by atoms with Gasteiger partial charge in [0.05, 0.1) is 17.9 Å². The first-order valence-corrected chi connectivity index (χ1v) is 3.13. The Morgan fingerprint density at radius 3 is 2.40 bits per heavy atom. The predicted octanol–water partition coefficient (Wildman–Crippen LogP) is -0.906. The first-order valence-electron chi connectivity index (χ1n) is 3.13. The fourth-order valence-corrected chi connectivity index (χ4v) is 1.07. The summed E-state index contributed by atoms with van der Waals surface area (Å²) >= 11 is 0. The molecule has 0 aliphatic carbocycles. The Bertz CT molecular complexity index is 141. The molecule has 0 saturated carbocycles. The van der Waals surface area contributed by atoms with Gasteiger partial charge in [-0.2, -0.15) is 0 Å². The smallest absolute Gasteiger partial charge is 0.103 e. The highest BCUT2D eigenvalue weighted by atomic mass is 16.3. The van der Waals surface area contributed by atoms with E-state index < -0.39 is 12.2 Å². The molecule has 0 radical (unpaired) electrons. The highest BCUT2D eigenvalue weighted by Gasteiger charge is 2.36. The maximum absolute atomic E-state index is 9.96. The molecule has 3 atom stereocenters. The number of nitroso groups, excluding NO2 is 1. The molecule has 0 spiro atoms. The zero-order valence-corrected chi connectivity index (χ0v) is 5.64. The van der Waals surface area contributed by atoms with Crippen molar-refractivity contribution in [2.24, 2.45) is 5.29 Å². The minimum absolute atomic E-state index is 0.131. The van der Waals surface area contributed by atoms with Crippen molar-refractivity contribution < 1.29 is 10.2 Å². The van der Waals surface area contributed by atoms with Gasteiger partial charge >= 0.3 is 0 Å². The number of β-amino-alcohol motifs (C(OH)–C–C–N with tert-alkyl or cyclic N) is 1. The van der Waals surface area contributed by atoms with Gasteiger partial charge in [0.15, 0.2) is 0 Å². The first-order chi connectivity index (χ1) is 4.66. The summed E-state index contributed by atoms with van der Waals surface area (Å²) in [4.78, 5) is 9.96. The van der Waals surface area contributed by atoms with Crippen molar-refractivity contribution in [2.45, 2.75) is 25.2 Å². The average molecular weight is 146 g/mol. The maximum atomic E-state index is 9.96. The number of hydrogen-bond acceptors (Lipinski definition) is 4. The molecule has 1 aliphatic rings. The summed E-state index contributed by atoms with van der Waals surface area (Å²) < 4.78 is 0. The van der Waals surface area contributed by atoms with Crippen LogP contribution < -0.4 is 0 Å². The highest BCUT2D eigenvalue weighted by molar-refractivity contribution is 4.88. The van der Waals surface area contributed by atoms with E-state index in [1.54, 1.807) is 6.92 Å². The molecule has 0 aromatic carbocycles. The Balaban J connectivity index is 2.61. The molecule has 10 heavy (non-hydrogen) atoms. The number of hydrogen-bond donors (Lipinski definition) is 2. The molecular weight excluding hydrogens is 136 g/mol. The SMILES string of the molecule is C[C@H]1[C@H](O)[C@H](O)CN1N=O. The largest absolute Gasteiger partial charge is 0.388 e. The third-order valence-electron chi connectivity index (χ3n) is 1.84. The fourth-order valence-electron chi connectivity index (χ4n) is 1.07. The zero-order valence-electron chi connectivity index (χ0n) is 5.64. The van der Waals surface area contributed by atoms with E-state index in [1.807, 2.05) is 0 Å². The molecule has 58 valence electrons. The van der Waals surface area contributed by atoms with E-state index in [4.69, 9.17) is 10.2 Å². The molecule has 0 bridgehead atoms. The van der Waals surface area contributed by atoms with Gasteiger partial charge in [-0.3, -0.25) is 5.01 Å². The molecule has 5 heteroatoms. The highest BCUT2D eigenvalue weighted by Crippen LogP contribution is 2.17. The summed E-state index contributed by atoms with van der Waals surface area (Å²) in [5.74, 6) is 0. The van der Waals surface area contributed by atoms with E-state index in [1.165, 1.54) is 0 Å². The Kier molecular flexibility index (Phi) is 1.87. The normalized spacial score (nSPS) is 40.3. The van der Waals surface area contributed by atoms with Crippen LogP contribution in [0.5, 0.6) is 0 Å². The van der Waals surface area contributed by atoms with Gasteiger partial charge in [-0.15, -0.1) is 4.91 Å². The van der Waals surface area contributed by atoms with Crippen LogP contribution in [-0.4, -0.2) is 40.0 Å². The summed E-state index contributed by atoms with van der Waals surface area (Å²) in [6.07, 6.45) is -1.69. The van der Waals surface area contributed by atoms with Gasteiger partial charge < -0.3 is 10.2 Å². The number of aliphatic hydroxyl groups is 2. The summed E-state index contributed by atoms with van der Waals surface area (Å²) in [5.41, 5.74) is 0. The van der Waals surface area contributed by atoms with Crippen molar-refractivity contribution in [3.8, 4) is 0 Å². The third-order valence-corrected chi connectivity index (χ3v) is 1.84. The molecule has 1 aliphatic heterocycles. The summed E-state index contributed by atoms with van der Waals surface area (Å²) in [6.45, 7) is 1.77. The van der Waals surface area contributed by atoms with E-state index in [0.717, 1.165) is 5.01 Å². The molecule has 0 unspecified atom stereocenters. The third kappa shape index (κ3) is 0.975. The van der Waals surface area contributed by atoms with E-state index in [9.17, 15) is 4.91 Å². The molecule has 0 amide bonds. The molecule has 1 saturated heterocycles. The molecule has 1 fully saturated rings. The van der Waals surface area contributed by atoms with Crippen LogP contribution in [0.1, 0.15) is 6.92 Å². The molecule has 1 heterocycles. The molecule has 2 N–H and O–H groups in total. The van der Waals surface area contributed by atoms with E-state index in [-0.39, 0.29) is 12.6 Å². The van der Waals surface area contributed by atoms with E-state index >= 15 is 0 Å². The van der Waals surface area contributed by atoms with Crippen LogP contribution in [0.15, 0.2) is 5.29 Å². The fraction of sp³-hybridized carbons (Fsp3) is 1.00. The lowest BCUT2D eigenvalue weighted by Gasteiger charge is -2.13. The lowest BCUT2D eigenvalue weighted by atomic mass is 10.2. The lowest BCUT2D eigenvalue weighted by molar-refractivity contribution is 0.0415. The molecule has 0 aromatic rings. The van der Waals surface area contributed by atoms with Crippen LogP contribution >= 0.6 is 0 Å².